The van der Waals surface area contributed by atoms with E-state index in [0.717, 1.165) is 19.3 Å². The Morgan fingerprint density at radius 1 is 1.17 bits per heavy atom. The Bertz CT molecular complexity index is 547. The molecule has 3 aliphatic rings. The Hall–Kier alpha value is -1.48. The summed E-state index contributed by atoms with van der Waals surface area (Å²) in [7, 11) is 0. The molecule has 0 spiro atoms. The second-order valence-corrected chi connectivity index (χ2v) is 6.68. The number of hydrogen-bond acceptors (Lipinski definition) is 3. The van der Waals surface area contributed by atoms with Gasteiger partial charge >= 0.3 is 0 Å². The number of hydrogen-bond donors (Lipinski definition) is 1. The topological polar surface area (TPSA) is 18.5 Å². The molecule has 1 N–H and O–H groups in total. The zero-order valence-electron chi connectivity index (χ0n) is 14.9. The first-order valence-electron chi connectivity index (χ1n) is 9.43. The van der Waals surface area contributed by atoms with Crippen molar-refractivity contribution in [2.45, 2.75) is 65.3 Å². The smallest absolute Gasteiger partial charge is 0.123 e. The van der Waals surface area contributed by atoms with Crippen LogP contribution in [0.15, 0.2) is 47.0 Å². The average Bonchev–Trinajstić information content (AvgIpc) is 3.04. The van der Waals surface area contributed by atoms with E-state index in [1.807, 2.05) is 0 Å². The van der Waals surface area contributed by atoms with Gasteiger partial charge in [0.05, 0.1) is 5.70 Å². The van der Waals surface area contributed by atoms with Crippen molar-refractivity contribution in [3.8, 4) is 0 Å². The van der Waals surface area contributed by atoms with Crippen LogP contribution in [0.3, 0.4) is 0 Å². The van der Waals surface area contributed by atoms with Crippen molar-refractivity contribution in [1.29, 1.82) is 0 Å². The predicted octanol–water partition coefficient (Wildman–Crippen LogP) is 4.48. The van der Waals surface area contributed by atoms with Gasteiger partial charge in [-0.25, -0.2) is 5.43 Å². The maximum atomic E-state index is 3.70. The number of likely N-dealkylation sites (tertiary alicyclic amines) is 1. The van der Waals surface area contributed by atoms with E-state index >= 15 is 0 Å². The third-order valence-electron chi connectivity index (χ3n) is 5.10. The van der Waals surface area contributed by atoms with Gasteiger partial charge < -0.3 is 4.90 Å². The molecule has 1 saturated heterocycles. The number of nitrogens with zero attached hydrogens (tertiary/aromatic N) is 2. The summed E-state index contributed by atoms with van der Waals surface area (Å²) >= 11 is 0. The van der Waals surface area contributed by atoms with Crippen LogP contribution in [-0.4, -0.2) is 29.0 Å². The van der Waals surface area contributed by atoms with Gasteiger partial charge in [0.15, 0.2) is 0 Å². The maximum Gasteiger partial charge on any atom is 0.123 e. The molecule has 3 rings (SSSR count). The standard InChI is InChI=1S/C20H31N3/c1-4-10-16(5-2)18-11-12-20(22-13-8-7-9-14-22)23-19(18)15-17(6-3)21-23/h10-12,15,17,21H,4-9,13-14H2,1-3H3/b16-10+. The second kappa shape index (κ2) is 7.39. The van der Waals surface area contributed by atoms with E-state index in [0.29, 0.717) is 6.04 Å². The Kier molecular flexibility index (Phi) is 5.27. The highest BCUT2D eigenvalue weighted by molar-refractivity contribution is 5.53. The summed E-state index contributed by atoms with van der Waals surface area (Å²) in [5.41, 5.74) is 7.94. The van der Waals surface area contributed by atoms with Crippen molar-refractivity contribution < 1.29 is 0 Å². The van der Waals surface area contributed by atoms with Crippen LogP contribution in [0.2, 0.25) is 0 Å². The van der Waals surface area contributed by atoms with E-state index in [1.54, 1.807) is 0 Å². The molecular weight excluding hydrogens is 282 g/mol. The number of hydrazine groups is 1. The largest absolute Gasteiger partial charge is 0.357 e. The molecular formula is C20H31N3. The molecule has 1 fully saturated rings. The Balaban J connectivity index is 1.95. The van der Waals surface area contributed by atoms with Crippen LogP contribution in [-0.2, 0) is 0 Å². The van der Waals surface area contributed by atoms with Crippen molar-refractivity contribution in [3.63, 3.8) is 0 Å². The lowest BCUT2D eigenvalue weighted by Crippen LogP contribution is -2.45. The lowest BCUT2D eigenvalue weighted by atomic mass is 9.96. The Morgan fingerprint density at radius 2 is 1.96 bits per heavy atom. The van der Waals surface area contributed by atoms with Crippen LogP contribution in [0, 0.1) is 0 Å². The van der Waals surface area contributed by atoms with Crippen LogP contribution >= 0.6 is 0 Å². The third kappa shape index (κ3) is 3.25. The minimum Gasteiger partial charge on any atom is -0.357 e. The molecule has 3 aliphatic heterocycles. The molecule has 126 valence electrons. The monoisotopic (exact) mass is 313 g/mol. The van der Waals surface area contributed by atoms with E-state index in [9.17, 15) is 0 Å². The molecule has 1 unspecified atom stereocenters. The Labute approximate surface area is 141 Å². The van der Waals surface area contributed by atoms with Crippen LogP contribution in [0.5, 0.6) is 0 Å². The first kappa shape index (κ1) is 16.4. The minimum atomic E-state index is 0.444. The fourth-order valence-corrected chi connectivity index (χ4v) is 3.80. The van der Waals surface area contributed by atoms with E-state index in [2.05, 4.69) is 60.4 Å². The first-order chi connectivity index (χ1) is 11.3. The lowest BCUT2D eigenvalue weighted by Gasteiger charge is -2.39. The molecule has 0 saturated carbocycles. The van der Waals surface area contributed by atoms with Gasteiger partial charge in [-0.05, 0) is 62.3 Å². The molecule has 0 aliphatic carbocycles. The summed E-state index contributed by atoms with van der Waals surface area (Å²) < 4.78 is 0. The maximum absolute atomic E-state index is 3.70. The fraction of sp³-hybridized carbons (Fsp3) is 0.600. The number of nitrogens with one attached hydrogen (secondary N) is 1. The quantitative estimate of drug-likeness (QED) is 0.807. The van der Waals surface area contributed by atoms with Gasteiger partial charge in [0.2, 0.25) is 0 Å². The highest BCUT2D eigenvalue weighted by Crippen LogP contribution is 2.36. The van der Waals surface area contributed by atoms with Gasteiger partial charge in [-0.2, -0.15) is 0 Å². The summed E-state index contributed by atoms with van der Waals surface area (Å²) in [5, 5.41) is 2.36. The van der Waals surface area contributed by atoms with E-state index in [4.69, 9.17) is 0 Å². The van der Waals surface area contributed by atoms with Crippen LogP contribution in [0.4, 0.5) is 0 Å². The summed E-state index contributed by atoms with van der Waals surface area (Å²) in [6, 6.07) is 0.444. The summed E-state index contributed by atoms with van der Waals surface area (Å²) in [6.07, 6.45) is 16.8. The van der Waals surface area contributed by atoms with Crippen molar-refractivity contribution in [2.75, 3.05) is 13.1 Å². The van der Waals surface area contributed by atoms with Gasteiger partial charge in [0, 0.05) is 24.7 Å². The summed E-state index contributed by atoms with van der Waals surface area (Å²) in [6.45, 7) is 9.10. The number of piperidine rings is 1. The number of allylic oxidation sites excluding steroid dienone is 4. The van der Waals surface area contributed by atoms with E-state index in [-0.39, 0.29) is 0 Å². The fourth-order valence-electron chi connectivity index (χ4n) is 3.80. The van der Waals surface area contributed by atoms with Gasteiger partial charge in [0.1, 0.15) is 5.82 Å². The first-order valence-corrected chi connectivity index (χ1v) is 9.43. The molecule has 3 heterocycles. The highest BCUT2D eigenvalue weighted by atomic mass is 15.6. The van der Waals surface area contributed by atoms with Gasteiger partial charge in [-0.3, -0.25) is 5.01 Å². The van der Waals surface area contributed by atoms with Crippen molar-refractivity contribution >= 4 is 0 Å². The second-order valence-electron chi connectivity index (χ2n) is 6.68. The molecule has 0 radical (unpaired) electrons. The zero-order valence-corrected chi connectivity index (χ0v) is 14.9. The lowest BCUT2D eigenvalue weighted by molar-refractivity contribution is 0.176. The molecule has 0 aromatic carbocycles. The normalized spacial score (nSPS) is 25.1. The van der Waals surface area contributed by atoms with Crippen molar-refractivity contribution in [2.24, 2.45) is 0 Å². The summed E-state index contributed by atoms with van der Waals surface area (Å²) in [5.74, 6) is 1.34. The molecule has 3 nitrogen and oxygen atoms in total. The predicted molar refractivity (Wildman–Crippen MR) is 97.4 cm³/mol. The molecule has 1 atom stereocenters. The van der Waals surface area contributed by atoms with Gasteiger partial charge in [-0.15, -0.1) is 0 Å². The zero-order chi connectivity index (χ0) is 16.2. The molecule has 23 heavy (non-hydrogen) atoms. The van der Waals surface area contributed by atoms with Gasteiger partial charge in [-0.1, -0.05) is 26.8 Å². The SMILES string of the molecule is CC/C=C(\CC)C1=CC=C(N2CCCCC2)N2NC(CC)C=C12. The molecule has 0 bridgehead atoms. The van der Waals surface area contributed by atoms with Crippen molar-refractivity contribution in [1.82, 2.24) is 15.3 Å². The molecule has 0 aromatic rings. The summed E-state index contributed by atoms with van der Waals surface area (Å²) in [4.78, 5) is 2.55. The number of rotatable bonds is 5. The van der Waals surface area contributed by atoms with E-state index < -0.39 is 0 Å². The molecule has 0 aromatic heterocycles. The minimum absolute atomic E-state index is 0.444. The third-order valence-corrected chi connectivity index (χ3v) is 5.10. The molecule has 0 amide bonds. The van der Waals surface area contributed by atoms with Crippen LogP contribution < -0.4 is 5.43 Å². The van der Waals surface area contributed by atoms with Crippen LogP contribution in [0.1, 0.15) is 59.3 Å². The van der Waals surface area contributed by atoms with E-state index in [1.165, 1.54) is 55.0 Å². The van der Waals surface area contributed by atoms with Crippen molar-refractivity contribution in [3.05, 3.63) is 47.0 Å². The Morgan fingerprint density at radius 3 is 2.61 bits per heavy atom. The average molecular weight is 313 g/mol. The molecule has 3 heteroatoms. The number of fused-ring (bicyclic) bond motifs is 1. The van der Waals surface area contributed by atoms with Crippen LogP contribution in [0.25, 0.3) is 0 Å². The van der Waals surface area contributed by atoms with Gasteiger partial charge in [0.25, 0.3) is 0 Å². The highest BCUT2D eigenvalue weighted by Gasteiger charge is 2.32.